The monoisotopic (exact) mass is 223 g/mol. The summed E-state index contributed by atoms with van der Waals surface area (Å²) in [5, 5.41) is 0.612. The van der Waals surface area contributed by atoms with Crippen molar-refractivity contribution in [1.29, 1.82) is 0 Å². The highest BCUT2D eigenvalue weighted by atomic mass is 35.5. The van der Waals surface area contributed by atoms with Crippen molar-refractivity contribution in [2.24, 2.45) is 4.99 Å². The first-order valence-electron chi connectivity index (χ1n) is 4.96. The molecule has 0 aromatic carbocycles. The predicted octanol–water partition coefficient (Wildman–Crippen LogP) is 4.22. The lowest BCUT2D eigenvalue weighted by molar-refractivity contribution is 0.580. The highest BCUT2D eigenvalue weighted by molar-refractivity contribution is 6.64. The van der Waals surface area contributed by atoms with Crippen molar-refractivity contribution in [3.63, 3.8) is 0 Å². The molecule has 0 aliphatic heterocycles. The van der Waals surface area contributed by atoms with E-state index in [1.165, 1.54) is 25.7 Å². The van der Waals surface area contributed by atoms with Gasteiger partial charge < -0.3 is 0 Å². The Balaban J connectivity index is 3.54. The summed E-state index contributed by atoms with van der Waals surface area (Å²) in [6.45, 7) is 4.01. The first-order chi connectivity index (χ1) is 6.20. The number of aliphatic imine (C=N–C) groups is 1. The molecule has 13 heavy (non-hydrogen) atoms. The van der Waals surface area contributed by atoms with Crippen LogP contribution < -0.4 is 0 Å². The minimum atomic E-state index is 0.219. The summed E-state index contributed by atoms with van der Waals surface area (Å²) < 4.78 is 0. The first-order valence-corrected chi connectivity index (χ1v) is 5.87. The average Bonchev–Trinajstić information content (AvgIpc) is 2.09. The number of alkyl halides is 1. The Morgan fingerprint density at radius 2 is 2.00 bits per heavy atom. The molecule has 0 aliphatic carbocycles. The lowest BCUT2D eigenvalue weighted by Crippen LogP contribution is -2.07. The van der Waals surface area contributed by atoms with Crippen molar-refractivity contribution in [3.05, 3.63) is 0 Å². The van der Waals surface area contributed by atoms with Gasteiger partial charge in [-0.1, -0.05) is 44.2 Å². The summed E-state index contributed by atoms with van der Waals surface area (Å²) >= 11 is 11.4. The maximum Gasteiger partial charge on any atom is 0.0975 e. The molecule has 78 valence electrons. The van der Waals surface area contributed by atoms with E-state index >= 15 is 0 Å². The van der Waals surface area contributed by atoms with Gasteiger partial charge in [-0.05, 0) is 13.3 Å². The lowest BCUT2D eigenvalue weighted by Gasteiger charge is -2.08. The minimum Gasteiger partial charge on any atom is -0.273 e. The van der Waals surface area contributed by atoms with Crippen molar-refractivity contribution >= 4 is 28.4 Å². The number of hydrogen-bond acceptors (Lipinski definition) is 1. The van der Waals surface area contributed by atoms with Crippen molar-refractivity contribution in [2.45, 2.75) is 52.0 Å². The van der Waals surface area contributed by atoms with Crippen LogP contribution in [0.2, 0.25) is 0 Å². The molecule has 1 unspecified atom stereocenters. The summed E-state index contributed by atoms with van der Waals surface area (Å²) in [6.07, 6.45) is 6.12. The van der Waals surface area contributed by atoms with Crippen LogP contribution in [-0.4, -0.2) is 17.1 Å². The van der Waals surface area contributed by atoms with Crippen LogP contribution in [0, 0.1) is 0 Å². The fraction of sp³-hybridized carbons (Fsp3) is 0.900. The maximum atomic E-state index is 5.76. The molecule has 0 rings (SSSR count). The van der Waals surface area contributed by atoms with Crippen LogP contribution in [0.15, 0.2) is 4.99 Å². The van der Waals surface area contributed by atoms with E-state index in [1.807, 2.05) is 0 Å². The van der Waals surface area contributed by atoms with E-state index in [4.69, 9.17) is 23.2 Å². The zero-order chi connectivity index (χ0) is 10.1. The van der Waals surface area contributed by atoms with Crippen molar-refractivity contribution in [1.82, 2.24) is 0 Å². The fourth-order valence-corrected chi connectivity index (χ4v) is 1.60. The third-order valence-electron chi connectivity index (χ3n) is 1.93. The highest BCUT2D eigenvalue weighted by Gasteiger charge is 2.04. The van der Waals surface area contributed by atoms with Crippen molar-refractivity contribution < 1.29 is 0 Å². The Morgan fingerprint density at radius 3 is 2.46 bits per heavy atom. The van der Waals surface area contributed by atoms with Crippen LogP contribution in [0.5, 0.6) is 0 Å². The molecular formula is C10H19Cl2N. The van der Waals surface area contributed by atoms with Gasteiger partial charge in [-0.2, -0.15) is 0 Å². The molecule has 0 spiro atoms. The molecule has 0 radical (unpaired) electrons. The van der Waals surface area contributed by atoms with Gasteiger partial charge in [0, 0.05) is 5.88 Å². The summed E-state index contributed by atoms with van der Waals surface area (Å²) in [7, 11) is 0. The third-order valence-corrected chi connectivity index (χ3v) is 2.38. The van der Waals surface area contributed by atoms with Crippen LogP contribution >= 0.6 is 23.2 Å². The molecule has 0 amide bonds. The van der Waals surface area contributed by atoms with E-state index in [1.54, 1.807) is 6.92 Å². The van der Waals surface area contributed by atoms with E-state index in [0.29, 0.717) is 11.1 Å². The van der Waals surface area contributed by atoms with Gasteiger partial charge in [0.05, 0.1) is 11.2 Å². The molecule has 0 fully saturated rings. The Bertz CT molecular complexity index is 142. The molecule has 0 aromatic rings. The Kier molecular flexibility index (Phi) is 9.00. The normalized spacial score (nSPS) is 14.6. The van der Waals surface area contributed by atoms with Gasteiger partial charge in [-0.15, -0.1) is 11.6 Å². The Hall–Kier alpha value is 0.250. The molecule has 1 atom stereocenters. The number of nitrogens with zero attached hydrogens (tertiary/aromatic N) is 1. The summed E-state index contributed by atoms with van der Waals surface area (Å²) in [5.74, 6) is 0.580. The van der Waals surface area contributed by atoms with Gasteiger partial charge in [0.25, 0.3) is 0 Å². The van der Waals surface area contributed by atoms with Crippen LogP contribution in [-0.2, 0) is 0 Å². The van der Waals surface area contributed by atoms with E-state index in [2.05, 4.69) is 11.9 Å². The number of unbranched alkanes of at least 4 members (excludes halogenated alkanes) is 3. The van der Waals surface area contributed by atoms with E-state index in [-0.39, 0.29) is 6.04 Å². The molecule has 3 heteroatoms. The quantitative estimate of drug-likeness (QED) is 0.348. The van der Waals surface area contributed by atoms with Crippen LogP contribution in [0.1, 0.15) is 46.0 Å². The molecule has 0 saturated heterocycles. The van der Waals surface area contributed by atoms with Gasteiger partial charge >= 0.3 is 0 Å². The van der Waals surface area contributed by atoms with Crippen molar-refractivity contribution in [3.8, 4) is 0 Å². The average molecular weight is 224 g/mol. The summed E-state index contributed by atoms with van der Waals surface area (Å²) in [5.41, 5.74) is 0. The minimum absolute atomic E-state index is 0.219. The second kappa shape index (κ2) is 8.83. The van der Waals surface area contributed by atoms with Gasteiger partial charge in [0.15, 0.2) is 0 Å². The largest absolute Gasteiger partial charge is 0.273 e. The molecule has 0 saturated carbocycles. The highest BCUT2D eigenvalue weighted by Crippen LogP contribution is 2.10. The zero-order valence-corrected chi connectivity index (χ0v) is 10.0. The molecule has 0 N–H and O–H groups in total. The van der Waals surface area contributed by atoms with Gasteiger partial charge in [-0.3, -0.25) is 4.99 Å². The zero-order valence-electron chi connectivity index (χ0n) is 8.52. The number of rotatable bonds is 7. The van der Waals surface area contributed by atoms with Gasteiger partial charge in [-0.25, -0.2) is 0 Å². The Labute approximate surface area is 91.5 Å². The SMILES string of the molecule is CCCCCCC(CCl)/N=C(\C)Cl. The summed E-state index contributed by atoms with van der Waals surface area (Å²) in [6, 6.07) is 0.219. The van der Waals surface area contributed by atoms with Gasteiger partial charge in [0.1, 0.15) is 0 Å². The summed E-state index contributed by atoms with van der Waals surface area (Å²) in [4.78, 5) is 4.24. The van der Waals surface area contributed by atoms with E-state index in [9.17, 15) is 0 Å². The lowest BCUT2D eigenvalue weighted by atomic mass is 10.1. The van der Waals surface area contributed by atoms with Crippen molar-refractivity contribution in [2.75, 3.05) is 5.88 Å². The second-order valence-corrected chi connectivity index (χ2v) is 4.14. The number of halogens is 2. The van der Waals surface area contributed by atoms with E-state index < -0.39 is 0 Å². The van der Waals surface area contributed by atoms with Crippen LogP contribution in [0.3, 0.4) is 0 Å². The Morgan fingerprint density at radius 1 is 1.31 bits per heavy atom. The van der Waals surface area contributed by atoms with Crippen LogP contribution in [0.4, 0.5) is 0 Å². The molecule has 1 nitrogen and oxygen atoms in total. The second-order valence-electron chi connectivity index (χ2n) is 3.28. The van der Waals surface area contributed by atoms with Gasteiger partial charge in [0.2, 0.25) is 0 Å². The topological polar surface area (TPSA) is 12.4 Å². The molecule has 0 bridgehead atoms. The van der Waals surface area contributed by atoms with Crippen LogP contribution in [0.25, 0.3) is 0 Å². The molecular weight excluding hydrogens is 205 g/mol. The predicted molar refractivity (Wildman–Crippen MR) is 62.2 cm³/mol. The third kappa shape index (κ3) is 8.58. The molecule has 0 aliphatic rings. The number of hydrogen-bond donors (Lipinski definition) is 0. The van der Waals surface area contributed by atoms with E-state index in [0.717, 1.165) is 6.42 Å². The smallest absolute Gasteiger partial charge is 0.0975 e. The molecule has 0 heterocycles. The fourth-order valence-electron chi connectivity index (χ4n) is 1.23. The molecule has 0 aromatic heterocycles. The maximum absolute atomic E-state index is 5.76. The first kappa shape index (κ1) is 13.2. The standard InChI is InChI=1S/C10H19Cl2N/c1-3-4-5-6-7-10(8-11)13-9(2)12/h10H,3-8H2,1-2H3/b13-9+.